The molecule has 18 aromatic rings. The Hall–Kier alpha value is -14.6. The highest BCUT2D eigenvalue weighted by molar-refractivity contribution is 9.10. The average Bonchev–Trinajstić information content (AvgIpc) is 1.53. The van der Waals surface area contributed by atoms with Gasteiger partial charge in [-0.2, -0.15) is 15.8 Å². The van der Waals surface area contributed by atoms with Gasteiger partial charge in [-0.25, -0.2) is 0 Å². The number of hydrogen-bond acceptors (Lipinski definition) is 11. The number of nitriles is 3. The summed E-state index contributed by atoms with van der Waals surface area (Å²) >= 11 is 17.6. The lowest BCUT2D eigenvalue weighted by molar-refractivity contribution is -0.0892. The van der Waals surface area contributed by atoms with Gasteiger partial charge in [-0.05, 0) is 282 Å². The van der Waals surface area contributed by atoms with E-state index in [0.29, 0.717) is 22.2 Å². The number of ether oxygens (including phenoxy) is 2. The van der Waals surface area contributed by atoms with E-state index in [0.717, 1.165) is 86.8 Å². The Bertz CT molecular complexity index is 7900. The highest BCUT2D eigenvalue weighted by Gasteiger charge is 2.64. The van der Waals surface area contributed by atoms with E-state index in [1.807, 2.05) is 140 Å². The lowest BCUT2D eigenvalue weighted by Gasteiger charge is -2.34. The van der Waals surface area contributed by atoms with Gasteiger partial charge >= 0.3 is 21.1 Å². The van der Waals surface area contributed by atoms with E-state index < -0.39 is 49.5 Å². The molecule has 0 spiro atoms. The van der Waals surface area contributed by atoms with Crippen LogP contribution in [-0.4, -0.2) is 64.8 Å². The second kappa shape index (κ2) is 41.4. The summed E-state index contributed by atoms with van der Waals surface area (Å²) in [6.07, 6.45) is -0.521. The predicted octanol–water partition coefficient (Wildman–Crippen LogP) is 31.4. The van der Waals surface area contributed by atoms with Crippen molar-refractivity contribution in [2.24, 2.45) is 0 Å². The quantitative estimate of drug-likeness (QED) is 0.0995. The zero-order valence-electron chi connectivity index (χ0n) is 85.7. The summed E-state index contributed by atoms with van der Waals surface area (Å²) in [6, 6.07) is 157. The first-order valence-electron chi connectivity index (χ1n) is 50.7. The van der Waals surface area contributed by atoms with Crippen molar-refractivity contribution in [2.45, 2.75) is 139 Å². The van der Waals surface area contributed by atoms with Gasteiger partial charge in [-0.3, -0.25) is 0 Å². The van der Waals surface area contributed by atoms with Gasteiger partial charge in [0, 0.05) is 36.8 Å². The summed E-state index contributed by atoms with van der Waals surface area (Å²) in [4.78, 5) is 0. The van der Waals surface area contributed by atoms with Gasteiger partial charge in [0.2, 0.25) is 0 Å². The summed E-state index contributed by atoms with van der Waals surface area (Å²) in [6.45, 7) is 24.7. The van der Waals surface area contributed by atoms with E-state index in [2.05, 4.69) is 389 Å². The van der Waals surface area contributed by atoms with Crippen molar-refractivity contribution in [1.82, 2.24) is 0 Å². The molecule has 0 unspecified atom stereocenters. The van der Waals surface area contributed by atoms with Crippen LogP contribution in [0.4, 0.5) is 0 Å². The molecule has 0 amide bonds. The summed E-state index contributed by atoms with van der Waals surface area (Å²) < 4.78 is 38.4. The van der Waals surface area contributed by atoms with E-state index in [1.165, 1.54) is 89.0 Å². The normalized spacial score (nSPS) is 16.3. The Balaban J connectivity index is 0.000000120. The van der Waals surface area contributed by atoms with Crippen LogP contribution in [0.15, 0.2) is 441 Å². The van der Waals surface area contributed by atoms with E-state index in [-0.39, 0.29) is 27.8 Å². The van der Waals surface area contributed by atoms with Crippen LogP contribution < -0.4 is 5.46 Å². The Labute approximate surface area is 899 Å². The Kier molecular flexibility index (Phi) is 28.3. The summed E-state index contributed by atoms with van der Waals surface area (Å²) in [5, 5.41) is 46.6. The second-order valence-corrected chi connectivity index (χ2v) is 43.4. The van der Waals surface area contributed by atoms with Crippen molar-refractivity contribution < 1.29 is 38.1 Å². The fraction of sp³-hybridized carbons (Fsp3) is 0.165. The zero-order chi connectivity index (χ0) is 105. The molecule has 6 aliphatic rings. The molecule has 0 radical (unpaired) electrons. The van der Waals surface area contributed by atoms with E-state index >= 15 is 0 Å². The van der Waals surface area contributed by atoms with Crippen molar-refractivity contribution in [3.8, 4) is 107 Å². The number of halogens is 3. The van der Waals surface area contributed by atoms with Gasteiger partial charge in [0.1, 0.15) is 0 Å². The lowest BCUT2D eigenvalue weighted by Crippen LogP contribution is -2.41. The first-order valence-corrected chi connectivity index (χ1v) is 52.2. The molecular formula is C133H111B3BrCl2N3O8. The van der Waals surface area contributed by atoms with Crippen LogP contribution >= 0.6 is 39.1 Å². The number of nitrogens with zero attached hydrogens (tertiary/aromatic N) is 3. The van der Waals surface area contributed by atoms with Gasteiger partial charge in [-0.15, -0.1) is 0 Å². The smallest absolute Gasteiger partial charge is 0.423 e. The summed E-state index contributed by atoms with van der Waals surface area (Å²) in [5.41, 5.74) is 32.3. The maximum absolute atomic E-state index is 9.26. The minimum atomic E-state index is -1.44. The Morgan fingerprint density at radius 3 is 0.780 bits per heavy atom. The third kappa shape index (κ3) is 18.4. The molecule has 3 aliphatic heterocycles. The van der Waals surface area contributed by atoms with Crippen molar-refractivity contribution in [3.05, 3.63) is 540 Å². The standard InChI is InChI=1S/C45H37NO2.C38H24ClN.C25H16BrCl.C13H10BNO2.C12H24B2O4/c1-43(2)44(3,4)48-42(47-43)37-18-12-20-39-41(37)40-36(33-27-25-32(26-28-33)31-23-21-30(29-46)22-24-31)17-11-19-38(40)45(39,34-13-7-5-8-14-34)35-15-9-6-10-16-35;39-35-16-8-15-34-37(35)36-32(29-23-21-28(22-24-29)27-19-17-26(25-40)18-20-27)13-7-14-33(36)38(34,30-9-3-1-4-10-30)31-11-5-2-6-12-31;26-21-15-7-13-19-23(21)24-20(14-8-16-22(24)27)25(19,17-9-3-1-4-10-17)18-11-5-2-6-12-18;15-9-10-1-3-11(4-2-10)12-5-7-13(8-6-12)14(16)17;1-9(2)10(3,4)16-13(15-9)14-17-11(5,6)12(7,8)18-14/h5-28,42H,1-4H3;1-24H;1-16H;1-8,16-17H;1-8H3. The highest BCUT2D eigenvalue weighted by Crippen LogP contribution is 2.65. The Morgan fingerprint density at radius 2 is 0.487 bits per heavy atom. The van der Waals surface area contributed by atoms with E-state index in [1.54, 1.807) is 24.3 Å². The molecule has 3 heterocycles. The molecule has 0 aromatic heterocycles. The van der Waals surface area contributed by atoms with Crippen molar-refractivity contribution in [2.75, 3.05) is 0 Å². The monoisotopic (exact) mass is 2060 g/mol. The molecule has 3 fully saturated rings. The first-order chi connectivity index (χ1) is 72.3. The van der Waals surface area contributed by atoms with Gasteiger partial charge in [0.05, 0.1) is 84.7 Å². The number of rotatable bonds is 14. The van der Waals surface area contributed by atoms with Crippen LogP contribution in [0.1, 0.15) is 178 Å². The van der Waals surface area contributed by atoms with Crippen LogP contribution in [0.2, 0.25) is 10.0 Å². The molecule has 736 valence electrons. The number of hydrogen-bond donors (Lipinski definition) is 2. The molecule has 0 atom stereocenters. The molecule has 24 rings (SSSR count). The number of fused-ring (bicyclic) bond motifs is 9. The van der Waals surface area contributed by atoms with Crippen LogP contribution in [0.25, 0.3) is 89.0 Å². The fourth-order valence-corrected chi connectivity index (χ4v) is 23.1. The highest BCUT2D eigenvalue weighted by atomic mass is 79.9. The Morgan fingerprint density at radius 1 is 0.253 bits per heavy atom. The van der Waals surface area contributed by atoms with Crippen molar-refractivity contribution in [3.63, 3.8) is 0 Å². The van der Waals surface area contributed by atoms with Crippen LogP contribution in [0.3, 0.4) is 0 Å². The summed E-state index contributed by atoms with van der Waals surface area (Å²) in [5.74, 6) is 0. The van der Waals surface area contributed by atoms with Gasteiger partial charge in [0.15, 0.2) is 6.29 Å². The topological polar surface area (TPSA) is 167 Å². The lowest BCUT2D eigenvalue weighted by atomic mass is 9.49. The van der Waals surface area contributed by atoms with E-state index in [4.69, 9.17) is 71.9 Å². The maximum atomic E-state index is 9.26. The molecule has 17 heteroatoms. The van der Waals surface area contributed by atoms with Crippen LogP contribution in [0.5, 0.6) is 0 Å². The molecule has 2 N–H and O–H groups in total. The minimum absolute atomic E-state index is 0.360. The third-order valence-corrected chi connectivity index (χ3v) is 32.9. The molecule has 18 aromatic carbocycles. The first kappa shape index (κ1) is 103. The van der Waals surface area contributed by atoms with Gasteiger partial charge < -0.3 is 38.1 Å². The molecule has 3 aliphatic carbocycles. The van der Waals surface area contributed by atoms with Gasteiger partial charge in [0.25, 0.3) is 0 Å². The fourth-order valence-electron chi connectivity index (χ4n) is 22.0. The van der Waals surface area contributed by atoms with Crippen LogP contribution in [0, 0.1) is 34.0 Å². The number of benzene rings is 18. The third-order valence-electron chi connectivity index (χ3n) is 31.6. The maximum Gasteiger partial charge on any atom is 0.488 e. The SMILES string of the molecule is CC1(C)OB(B2OC(C)(C)C(C)(C)O2)OC1(C)C.CC1(C)OC(c2cccc3c2-c2c(-c4ccc(-c5ccc(C#N)cc5)cc4)cccc2C3(c2ccccc2)c2ccccc2)OC1(C)C.Clc1cccc2c1-c1c(Br)cccc1C2(c1ccccc1)c1ccccc1.N#Cc1ccc(-c2ccc(-c3cccc4c3-c3c(Cl)cccc3C4(c3ccccc3)c3ccccc3)cc2)cc1.N#Cc1ccc(-c2ccc(B(O)O)cc2)cc1. The summed E-state index contributed by atoms with van der Waals surface area (Å²) in [7, 11) is -2.39. The molecule has 3 saturated heterocycles. The molecule has 0 saturated carbocycles. The largest absolute Gasteiger partial charge is 0.488 e. The molecule has 0 bridgehead atoms. The second-order valence-electron chi connectivity index (χ2n) is 41.7. The average molecular weight is 2060 g/mol. The predicted molar refractivity (Wildman–Crippen MR) is 612 cm³/mol. The zero-order valence-corrected chi connectivity index (χ0v) is 88.8. The minimum Gasteiger partial charge on any atom is -0.423 e. The molecular weight excluding hydrogens is 1950 g/mol. The van der Waals surface area contributed by atoms with Crippen molar-refractivity contribution >= 4 is 65.7 Å². The molecule has 150 heavy (non-hydrogen) atoms. The molecule has 11 nitrogen and oxygen atoms in total. The van der Waals surface area contributed by atoms with Gasteiger partial charge in [-0.1, -0.05) is 421 Å². The van der Waals surface area contributed by atoms with Crippen LogP contribution in [-0.2, 0) is 44.3 Å². The van der Waals surface area contributed by atoms with Crippen molar-refractivity contribution in [1.29, 1.82) is 15.8 Å². The van der Waals surface area contributed by atoms with E-state index in [9.17, 15) is 5.26 Å².